The van der Waals surface area contributed by atoms with E-state index in [1.165, 1.54) is 16.7 Å². The molecule has 0 unspecified atom stereocenters. The monoisotopic (exact) mass is 284 g/mol. The van der Waals surface area contributed by atoms with E-state index in [-0.39, 0.29) is 5.91 Å². The van der Waals surface area contributed by atoms with Crippen molar-refractivity contribution in [2.45, 2.75) is 20.4 Å². The Balaban J connectivity index is 1.73. The molecule has 4 heteroatoms. The number of hydrogen-bond acceptors (Lipinski definition) is 2. The highest BCUT2D eigenvalue weighted by molar-refractivity contribution is 7.12. The average Bonchev–Trinajstić information content (AvgIpc) is 3.00. The van der Waals surface area contributed by atoms with E-state index in [9.17, 15) is 4.79 Å². The maximum atomic E-state index is 12.1. The molecule has 0 fully saturated rings. The highest BCUT2D eigenvalue weighted by atomic mass is 32.1. The first kappa shape index (κ1) is 12.9. The van der Waals surface area contributed by atoms with E-state index >= 15 is 0 Å². The van der Waals surface area contributed by atoms with Crippen LogP contribution in [0.1, 0.15) is 26.5 Å². The van der Waals surface area contributed by atoms with Crippen molar-refractivity contribution in [2.24, 2.45) is 0 Å². The number of rotatable bonds is 3. The van der Waals surface area contributed by atoms with Gasteiger partial charge in [-0.25, -0.2) is 0 Å². The molecule has 0 saturated heterocycles. The third kappa shape index (κ3) is 2.47. The number of fused-ring (bicyclic) bond motifs is 1. The molecule has 3 nitrogen and oxygen atoms in total. The van der Waals surface area contributed by atoms with E-state index in [1.807, 2.05) is 31.4 Å². The average molecular weight is 284 g/mol. The number of aromatic amines is 1. The lowest BCUT2D eigenvalue weighted by Gasteiger charge is -2.05. The van der Waals surface area contributed by atoms with Crippen LogP contribution in [0.15, 0.2) is 35.7 Å². The Hall–Kier alpha value is -2.07. The van der Waals surface area contributed by atoms with E-state index in [0.29, 0.717) is 6.54 Å². The lowest BCUT2D eigenvalue weighted by atomic mass is 10.1. The van der Waals surface area contributed by atoms with E-state index in [1.54, 1.807) is 0 Å². The van der Waals surface area contributed by atoms with Crippen molar-refractivity contribution in [3.63, 3.8) is 0 Å². The first-order valence-corrected chi connectivity index (χ1v) is 7.42. The molecule has 0 aliphatic carbocycles. The Bertz CT molecular complexity index is 770. The summed E-state index contributed by atoms with van der Waals surface area (Å²) < 4.78 is 0. The van der Waals surface area contributed by atoms with E-state index in [4.69, 9.17) is 0 Å². The molecule has 3 aromatic rings. The van der Waals surface area contributed by atoms with Gasteiger partial charge < -0.3 is 10.3 Å². The van der Waals surface area contributed by atoms with Crippen molar-refractivity contribution < 1.29 is 4.79 Å². The second kappa shape index (κ2) is 5.13. The summed E-state index contributed by atoms with van der Waals surface area (Å²) in [5.74, 6) is 0.00264. The van der Waals surface area contributed by atoms with Gasteiger partial charge in [-0.15, -0.1) is 11.3 Å². The lowest BCUT2D eigenvalue weighted by molar-refractivity contribution is 0.0954. The van der Waals surface area contributed by atoms with Crippen molar-refractivity contribution in [1.82, 2.24) is 10.3 Å². The largest absolute Gasteiger partial charge is 0.359 e. The standard InChI is InChI=1S/C16H16N2OS/c1-10-5-6-20-15(10)16(19)17-9-12-3-4-14-13(8-12)7-11(2)18-14/h3-8,18H,9H2,1-2H3,(H,17,19). The molecule has 2 heterocycles. The van der Waals surface area contributed by atoms with Gasteiger partial charge in [0.2, 0.25) is 0 Å². The number of aryl methyl sites for hydroxylation is 2. The van der Waals surface area contributed by atoms with Crippen molar-refractivity contribution in [3.8, 4) is 0 Å². The maximum Gasteiger partial charge on any atom is 0.261 e. The summed E-state index contributed by atoms with van der Waals surface area (Å²) in [6.45, 7) is 4.55. The van der Waals surface area contributed by atoms with Crippen LogP contribution in [0.2, 0.25) is 0 Å². The third-order valence-corrected chi connectivity index (χ3v) is 4.36. The van der Waals surface area contributed by atoms with Crippen LogP contribution in [0.3, 0.4) is 0 Å². The molecule has 1 amide bonds. The molecule has 0 atom stereocenters. The van der Waals surface area contributed by atoms with Gasteiger partial charge in [0.25, 0.3) is 5.91 Å². The number of thiophene rings is 1. The molecule has 0 aliphatic rings. The predicted octanol–water partition coefficient (Wildman–Crippen LogP) is 3.78. The van der Waals surface area contributed by atoms with Gasteiger partial charge >= 0.3 is 0 Å². The molecule has 2 N–H and O–H groups in total. The van der Waals surface area contributed by atoms with Crippen LogP contribution in [0.4, 0.5) is 0 Å². The van der Waals surface area contributed by atoms with Gasteiger partial charge in [0, 0.05) is 17.8 Å². The molecule has 102 valence electrons. The summed E-state index contributed by atoms with van der Waals surface area (Å²) in [4.78, 5) is 16.2. The second-order valence-corrected chi connectivity index (χ2v) is 5.91. The summed E-state index contributed by atoms with van der Waals surface area (Å²) >= 11 is 1.48. The van der Waals surface area contributed by atoms with Crippen LogP contribution in [0.5, 0.6) is 0 Å². The molecular formula is C16H16N2OS. The minimum absolute atomic E-state index is 0.00264. The first-order chi connectivity index (χ1) is 9.63. The summed E-state index contributed by atoms with van der Waals surface area (Å²) in [6, 6.07) is 10.3. The van der Waals surface area contributed by atoms with Crippen molar-refractivity contribution >= 4 is 28.1 Å². The molecule has 0 spiro atoms. The number of aromatic nitrogens is 1. The van der Waals surface area contributed by atoms with Crippen LogP contribution in [-0.2, 0) is 6.54 Å². The Morgan fingerprint density at radius 1 is 1.25 bits per heavy atom. The van der Waals surface area contributed by atoms with Gasteiger partial charge in [-0.3, -0.25) is 4.79 Å². The topological polar surface area (TPSA) is 44.9 Å². The fraction of sp³-hybridized carbons (Fsp3) is 0.188. The SMILES string of the molecule is Cc1cc2cc(CNC(=O)c3sccc3C)ccc2[nH]1. The van der Waals surface area contributed by atoms with Crippen molar-refractivity contribution in [2.75, 3.05) is 0 Å². The quantitative estimate of drug-likeness (QED) is 0.755. The van der Waals surface area contributed by atoms with Gasteiger partial charge in [-0.05, 0) is 60.0 Å². The van der Waals surface area contributed by atoms with Gasteiger partial charge in [0.05, 0.1) is 4.88 Å². The number of carbonyl (C=O) groups is 1. The zero-order valence-electron chi connectivity index (χ0n) is 11.5. The Morgan fingerprint density at radius 3 is 2.85 bits per heavy atom. The normalized spacial score (nSPS) is 10.9. The molecule has 1 aromatic carbocycles. The van der Waals surface area contributed by atoms with Gasteiger partial charge in [0.1, 0.15) is 0 Å². The summed E-state index contributed by atoms with van der Waals surface area (Å²) in [5, 5.41) is 6.10. The Labute approximate surface area is 121 Å². The lowest BCUT2D eigenvalue weighted by Crippen LogP contribution is -2.22. The zero-order valence-corrected chi connectivity index (χ0v) is 12.3. The van der Waals surface area contributed by atoms with Crippen LogP contribution < -0.4 is 5.32 Å². The van der Waals surface area contributed by atoms with Gasteiger partial charge in [-0.2, -0.15) is 0 Å². The van der Waals surface area contributed by atoms with Crippen LogP contribution in [0, 0.1) is 13.8 Å². The number of carbonyl (C=O) groups excluding carboxylic acids is 1. The molecular weight excluding hydrogens is 268 g/mol. The minimum atomic E-state index is 0.00264. The van der Waals surface area contributed by atoms with Crippen LogP contribution in [0.25, 0.3) is 10.9 Å². The van der Waals surface area contributed by atoms with E-state index < -0.39 is 0 Å². The van der Waals surface area contributed by atoms with Crippen molar-refractivity contribution in [3.05, 3.63) is 57.4 Å². The number of H-pyrrole nitrogens is 1. The fourth-order valence-corrected chi connectivity index (χ4v) is 3.15. The molecule has 3 rings (SSSR count). The third-order valence-electron chi connectivity index (χ3n) is 3.34. The maximum absolute atomic E-state index is 12.1. The van der Waals surface area contributed by atoms with Crippen molar-refractivity contribution in [1.29, 1.82) is 0 Å². The number of nitrogens with one attached hydrogen (secondary N) is 2. The summed E-state index contributed by atoms with van der Waals surface area (Å²) in [6.07, 6.45) is 0. The summed E-state index contributed by atoms with van der Waals surface area (Å²) in [5.41, 5.74) is 4.42. The minimum Gasteiger partial charge on any atom is -0.359 e. The first-order valence-electron chi connectivity index (χ1n) is 6.54. The second-order valence-electron chi connectivity index (χ2n) is 4.99. The molecule has 0 radical (unpaired) electrons. The highest BCUT2D eigenvalue weighted by Gasteiger charge is 2.09. The van der Waals surface area contributed by atoms with E-state index in [2.05, 4.69) is 28.5 Å². The Kier molecular flexibility index (Phi) is 3.32. The number of benzene rings is 1. The van der Waals surface area contributed by atoms with Gasteiger partial charge in [-0.1, -0.05) is 6.07 Å². The predicted molar refractivity (Wildman–Crippen MR) is 83.3 cm³/mol. The van der Waals surface area contributed by atoms with Crippen LogP contribution in [-0.4, -0.2) is 10.9 Å². The molecule has 0 aliphatic heterocycles. The summed E-state index contributed by atoms with van der Waals surface area (Å²) in [7, 11) is 0. The van der Waals surface area contributed by atoms with E-state index in [0.717, 1.165) is 27.2 Å². The number of amides is 1. The molecule has 20 heavy (non-hydrogen) atoms. The number of hydrogen-bond donors (Lipinski definition) is 2. The van der Waals surface area contributed by atoms with Crippen LogP contribution >= 0.6 is 11.3 Å². The molecule has 2 aromatic heterocycles. The molecule has 0 saturated carbocycles. The zero-order chi connectivity index (χ0) is 14.1. The molecule has 0 bridgehead atoms. The highest BCUT2D eigenvalue weighted by Crippen LogP contribution is 2.18. The fourth-order valence-electron chi connectivity index (χ4n) is 2.31. The smallest absolute Gasteiger partial charge is 0.261 e. The van der Waals surface area contributed by atoms with Gasteiger partial charge in [0.15, 0.2) is 0 Å². The Morgan fingerprint density at radius 2 is 2.10 bits per heavy atom.